The maximum atomic E-state index is 10.2. The van der Waals surface area contributed by atoms with Gasteiger partial charge in [0.15, 0.2) is 0 Å². The maximum absolute atomic E-state index is 10.2. The first kappa shape index (κ1) is 12.1. The summed E-state index contributed by atoms with van der Waals surface area (Å²) in [4.78, 5) is 0. The van der Waals surface area contributed by atoms with Gasteiger partial charge in [0, 0.05) is 13.7 Å². The van der Waals surface area contributed by atoms with Gasteiger partial charge in [-0.1, -0.05) is 0 Å². The smallest absolute Gasteiger partial charge is 0.334 e. The molecule has 1 atom stereocenters. The fourth-order valence-corrected chi connectivity index (χ4v) is 1.56. The van der Waals surface area contributed by atoms with E-state index >= 15 is 0 Å². The van der Waals surface area contributed by atoms with Crippen LogP contribution in [0.2, 0.25) is 0 Å². The second-order valence-corrected chi connectivity index (χ2v) is 3.91. The Morgan fingerprint density at radius 2 is 2.25 bits per heavy atom. The Morgan fingerprint density at radius 3 is 2.67 bits per heavy atom. The standard InChI is InChI=1S/C5H12ClNO4S/c1-11-4-2-3-5(6)7-12(8,9)10/h5,7H,2-4H2,1H3,(H,8,9,10). The van der Waals surface area contributed by atoms with Crippen molar-refractivity contribution < 1.29 is 17.7 Å². The topological polar surface area (TPSA) is 75.6 Å². The summed E-state index contributed by atoms with van der Waals surface area (Å²) in [5.41, 5.74) is -0.782. The van der Waals surface area contributed by atoms with Crippen LogP contribution in [0.4, 0.5) is 0 Å². The van der Waals surface area contributed by atoms with E-state index < -0.39 is 15.8 Å². The molecule has 7 heteroatoms. The average Bonchev–Trinajstić information content (AvgIpc) is 1.84. The first-order valence-corrected chi connectivity index (χ1v) is 5.21. The zero-order valence-corrected chi connectivity index (χ0v) is 8.23. The minimum absolute atomic E-state index is 0.412. The van der Waals surface area contributed by atoms with E-state index in [1.54, 1.807) is 7.11 Å². The molecule has 0 bridgehead atoms. The van der Waals surface area contributed by atoms with Gasteiger partial charge in [-0.05, 0) is 12.8 Å². The highest BCUT2D eigenvalue weighted by Crippen LogP contribution is 2.02. The van der Waals surface area contributed by atoms with Gasteiger partial charge >= 0.3 is 10.3 Å². The minimum atomic E-state index is -4.18. The van der Waals surface area contributed by atoms with E-state index in [0.717, 1.165) is 0 Å². The van der Waals surface area contributed by atoms with E-state index in [0.29, 0.717) is 19.4 Å². The normalized spacial score (nSPS) is 14.6. The zero-order valence-electron chi connectivity index (χ0n) is 6.66. The molecule has 0 radical (unpaired) electrons. The summed E-state index contributed by atoms with van der Waals surface area (Å²) in [6.45, 7) is 0.510. The highest BCUT2D eigenvalue weighted by Gasteiger charge is 2.10. The number of ether oxygens (including phenoxy) is 1. The lowest BCUT2D eigenvalue weighted by molar-refractivity contribution is 0.192. The van der Waals surface area contributed by atoms with Crippen molar-refractivity contribution >= 4 is 21.9 Å². The molecule has 0 amide bonds. The lowest BCUT2D eigenvalue weighted by Crippen LogP contribution is -2.30. The molecule has 0 aliphatic rings. The van der Waals surface area contributed by atoms with E-state index in [2.05, 4.69) is 0 Å². The van der Waals surface area contributed by atoms with Gasteiger partial charge in [-0.2, -0.15) is 13.1 Å². The first-order valence-electron chi connectivity index (χ1n) is 3.33. The van der Waals surface area contributed by atoms with E-state index in [1.807, 2.05) is 4.72 Å². The third-order valence-corrected chi connectivity index (χ3v) is 2.12. The van der Waals surface area contributed by atoms with Crippen LogP contribution in [0.25, 0.3) is 0 Å². The quantitative estimate of drug-likeness (QED) is 0.292. The molecule has 0 rings (SSSR count). The molecule has 0 spiro atoms. The Kier molecular flexibility index (Phi) is 5.77. The van der Waals surface area contributed by atoms with Crippen LogP contribution >= 0.6 is 11.6 Å². The van der Waals surface area contributed by atoms with Crippen molar-refractivity contribution in [2.75, 3.05) is 13.7 Å². The van der Waals surface area contributed by atoms with E-state index in [-0.39, 0.29) is 0 Å². The SMILES string of the molecule is COCCCC(Cl)NS(=O)(=O)O. The molecule has 2 N–H and O–H groups in total. The molecule has 0 saturated heterocycles. The zero-order chi connectivity index (χ0) is 9.61. The molecule has 0 aliphatic heterocycles. The number of halogens is 1. The van der Waals surface area contributed by atoms with E-state index in [4.69, 9.17) is 20.9 Å². The molecule has 0 heterocycles. The van der Waals surface area contributed by atoms with Gasteiger partial charge < -0.3 is 4.74 Å². The Morgan fingerprint density at radius 1 is 1.67 bits per heavy atom. The molecular formula is C5H12ClNO4S. The van der Waals surface area contributed by atoms with Crippen LogP contribution < -0.4 is 4.72 Å². The molecule has 12 heavy (non-hydrogen) atoms. The van der Waals surface area contributed by atoms with Gasteiger partial charge in [0.25, 0.3) is 0 Å². The van der Waals surface area contributed by atoms with Crippen LogP contribution in [-0.2, 0) is 15.0 Å². The number of hydrogen-bond acceptors (Lipinski definition) is 3. The monoisotopic (exact) mass is 217 g/mol. The largest absolute Gasteiger partial charge is 0.385 e. The number of rotatable bonds is 6. The van der Waals surface area contributed by atoms with E-state index in [9.17, 15) is 8.42 Å². The van der Waals surface area contributed by atoms with Gasteiger partial charge in [-0.25, -0.2) is 0 Å². The van der Waals surface area contributed by atoms with Gasteiger partial charge in [0.1, 0.15) is 0 Å². The van der Waals surface area contributed by atoms with Crippen molar-refractivity contribution in [3.05, 3.63) is 0 Å². The van der Waals surface area contributed by atoms with Crippen LogP contribution in [0.3, 0.4) is 0 Å². The van der Waals surface area contributed by atoms with Gasteiger partial charge in [0.05, 0.1) is 5.50 Å². The summed E-state index contributed by atoms with van der Waals surface area (Å²) >= 11 is 5.50. The summed E-state index contributed by atoms with van der Waals surface area (Å²) < 4.78 is 35.2. The molecule has 0 aromatic rings. The molecule has 0 fully saturated rings. The molecule has 0 saturated carbocycles. The Balaban J connectivity index is 3.53. The van der Waals surface area contributed by atoms with Crippen LogP contribution in [-0.4, -0.2) is 32.2 Å². The van der Waals surface area contributed by atoms with Gasteiger partial charge in [-0.3, -0.25) is 4.55 Å². The van der Waals surface area contributed by atoms with Gasteiger partial charge in [-0.15, -0.1) is 11.6 Å². The molecule has 1 unspecified atom stereocenters. The maximum Gasteiger partial charge on any atom is 0.334 e. The molecular weight excluding hydrogens is 206 g/mol. The molecule has 0 aliphatic carbocycles. The predicted octanol–water partition coefficient (Wildman–Crippen LogP) is 0.370. The third kappa shape index (κ3) is 8.22. The highest BCUT2D eigenvalue weighted by molar-refractivity contribution is 7.83. The number of methoxy groups -OCH3 is 1. The lowest BCUT2D eigenvalue weighted by Gasteiger charge is -2.07. The molecule has 0 aromatic carbocycles. The van der Waals surface area contributed by atoms with Crippen LogP contribution in [0.5, 0.6) is 0 Å². The minimum Gasteiger partial charge on any atom is -0.385 e. The Labute approximate surface area is 76.9 Å². The van der Waals surface area contributed by atoms with Crippen molar-refractivity contribution in [2.45, 2.75) is 18.3 Å². The molecule has 0 aromatic heterocycles. The second kappa shape index (κ2) is 5.71. The van der Waals surface area contributed by atoms with Gasteiger partial charge in [0.2, 0.25) is 0 Å². The number of hydrogen-bond donors (Lipinski definition) is 2. The van der Waals surface area contributed by atoms with Crippen LogP contribution in [0.15, 0.2) is 0 Å². The molecule has 74 valence electrons. The van der Waals surface area contributed by atoms with E-state index in [1.165, 1.54) is 0 Å². The Bertz CT molecular complexity index is 205. The fourth-order valence-electron chi connectivity index (χ4n) is 0.627. The summed E-state index contributed by atoms with van der Waals surface area (Å²) in [5, 5.41) is 0. The van der Waals surface area contributed by atoms with Crippen molar-refractivity contribution in [2.24, 2.45) is 0 Å². The summed E-state index contributed by atoms with van der Waals surface area (Å²) in [7, 11) is -2.64. The predicted molar refractivity (Wildman–Crippen MR) is 45.4 cm³/mol. The van der Waals surface area contributed by atoms with Crippen molar-refractivity contribution in [1.82, 2.24) is 4.72 Å². The van der Waals surface area contributed by atoms with Crippen molar-refractivity contribution in [3.63, 3.8) is 0 Å². The summed E-state index contributed by atoms with van der Waals surface area (Å²) in [6, 6.07) is 0. The third-order valence-electron chi connectivity index (χ3n) is 1.08. The fraction of sp³-hybridized carbons (Fsp3) is 1.00. The number of alkyl halides is 1. The van der Waals surface area contributed by atoms with Crippen LogP contribution in [0.1, 0.15) is 12.8 Å². The molecule has 5 nitrogen and oxygen atoms in total. The summed E-state index contributed by atoms with van der Waals surface area (Å²) in [6.07, 6.45) is 1.04. The summed E-state index contributed by atoms with van der Waals surface area (Å²) in [5.74, 6) is 0. The van der Waals surface area contributed by atoms with Crippen molar-refractivity contribution in [1.29, 1.82) is 0 Å². The second-order valence-electron chi connectivity index (χ2n) is 2.20. The Hall–Kier alpha value is 0.120. The average molecular weight is 218 g/mol. The van der Waals surface area contributed by atoms with Crippen molar-refractivity contribution in [3.8, 4) is 0 Å². The first-order chi connectivity index (χ1) is 5.45. The lowest BCUT2D eigenvalue weighted by atomic mass is 10.3. The van der Waals surface area contributed by atoms with Crippen LogP contribution in [0, 0.1) is 0 Å². The highest BCUT2D eigenvalue weighted by atomic mass is 35.5. The number of nitrogens with one attached hydrogen (secondary N) is 1.